The van der Waals surface area contributed by atoms with Crippen molar-refractivity contribution in [2.24, 2.45) is 5.92 Å². The number of hydrogen-bond donors (Lipinski definition) is 0. The molecule has 1 aromatic heterocycles. The number of aromatic nitrogens is 2. The van der Waals surface area contributed by atoms with Crippen LogP contribution in [-0.4, -0.2) is 53.0 Å². The van der Waals surface area contributed by atoms with E-state index in [0.29, 0.717) is 38.2 Å². The van der Waals surface area contributed by atoms with E-state index in [1.807, 2.05) is 51.1 Å². The molecule has 33 heavy (non-hydrogen) atoms. The zero-order chi connectivity index (χ0) is 23.4. The van der Waals surface area contributed by atoms with Gasteiger partial charge in [0, 0.05) is 13.1 Å². The summed E-state index contributed by atoms with van der Waals surface area (Å²) in [5, 5.41) is 0. The number of carbonyl (C=O) groups is 1. The van der Waals surface area contributed by atoms with E-state index >= 15 is 0 Å². The monoisotopic (exact) mass is 451 g/mol. The first-order valence-electron chi connectivity index (χ1n) is 11.5. The Hall–Kier alpha value is -3.22. The number of para-hydroxylation sites is 2. The van der Waals surface area contributed by atoms with Crippen molar-refractivity contribution in [1.82, 2.24) is 14.5 Å². The van der Waals surface area contributed by atoms with Gasteiger partial charge in [0.2, 0.25) is 0 Å². The lowest BCUT2D eigenvalue weighted by Gasteiger charge is -2.33. The van der Waals surface area contributed by atoms with Crippen molar-refractivity contribution in [2.75, 3.05) is 26.8 Å². The van der Waals surface area contributed by atoms with Crippen LogP contribution in [0, 0.1) is 5.92 Å². The van der Waals surface area contributed by atoms with Crippen LogP contribution in [0.25, 0.3) is 11.0 Å². The Bertz CT molecular complexity index is 1080. The first kappa shape index (κ1) is 23.0. The molecule has 7 nitrogen and oxygen atoms in total. The van der Waals surface area contributed by atoms with Crippen LogP contribution in [0.4, 0.5) is 4.79 Å². The van der Waals surface area contributed by atoms with Crippen LogP contribution in [0.3, 0.4) is 0 Å². The Morgan fingerprint density at radius 1 is 1.06 bits per heavy atom. The summed E-state index contributed by atoms with van der Waals surface area (Å²) in [6.07, 6.45) is 1.54. The first-order chi connectivity index (χ1) is 15.8. The van der Waals surface area contributed by atoms with Crippen molar-refractivity contribution in [1.29, 1.82) is 0 Å². The molecule has 7 heteroatoms. The fourth-order valence-electron chi connectivity index (χ4n) is 4.03. The third-order valence-electron chi connectivity index (χ3n) is 5.83. The van der Waals surface area contributed by atoms with Crippen LogP contribution in [0.15, 0.2) is 48.5 Å². The Labute approximate surface area is 195 Å². The summed E-state index contributed by atoms with van der Waals surface area (Å²) in [4.78, 5) is 18.8. The minimum absolute atomic E-state index is 0.233. The van der Waals surface area contributed by atoms with Crippen molar-refractivity contribution in [3.63, 3.8) is 0 Å². The summed E-state index contributed by atoms with van der Waals surface area (Å²) < 4.78 is 19.1. The van der Waals surface area contributed by atoms with Crippen LogP contribution >= 0.6 is 0 Å². The molecule has 0 atom stereocenters. The summed E-state index contributed by atoms with van der Waals surface area (Å²) in [5.41, 5.74) is 2.64. The third kappa shape index (κ3) is 5.78. The number of benzene rings is 2. The number of nitrogens with zero attached hydrogens (tertiary/aromatic N) is 3. The Morgan fingerprint density at radius 3 is 2.42 bits per heavy atom. The van der Waals surface area contributed by atoms with Gasteiger partial charge in [-0.1, -0.05) is 24.3 Å². The second-order valence-electron chi connectivity index (χ2n) is 9.54. The normalized spacial score (nSPS) is 15.0. The van der Waals surface area contributed by atoms with E-state index in [4.69, 9.17) is 19.2 Å². The van der Waals surface area contributed by atoms with E-state index in [-0.39, 0.29) is 6.09 Å². The zero-order valence-electron chi connectivity index (χ0n) is 19.9. The van der Waals surface area contributed by atoms with Gasteiger partial charge in [0.25, 0.3) is 6.01 Å². The molecule has 176 valence electrons. The maximum absolute atomic E-state index is 12.3. The molecule has 0 aliphatic carbocycles. The van der Waals surface area contributed by atoms with Gasteiger partial charge < -0.3 is 19.1 Å². The van der Waals surface area contributed by atoms with Gasteiger partial charge >= 0.3 is 6.09 Å². The van der Waals surface area contributed by atoms with Gasteiger partial charge in [0.15, 0.2) is 0 Å². The number of ether oxygens (including phenoxy) is 3. The van der Waals surface area contributed by atoms with E-state index in [2.05, 4.69) is 22.8 Å². The molecule has 1 saturated heterocycles. The molecule has 0 N–H and O–H groups in total. The Balaban J connectivity index is 1.41. The minimum atomic E-state index is -0.472. The lowest BCUT2D eigenvalue weighted by atomic mass is 9.98. The van der Waals surface area contributed by atoms with Gasteiger partial charge in [-0.25, -0.2) is 4.79 Å². The van der Waals surface area contributed by atoms with Crippen LogP contribution < -0.4 is 9.47 Å². The van der Waals surface area contributed by atoms with Gasteiger partial charge in [0.05, 0.1) is 31.3 Å². The average molecular weight is 452 g/mol. The average Bonchev–Trinajstić information content (AvgIpc) is 3.15. The van der Waals surface area contributed by atoms with Gasteiger partial charge in [-0.05, 0) is 69.4 Å². The largest absolute Gasteiger partial charge is 0.497 e. The molecule has 1 aliphatic heterocycles. The van der Waals surface area contributed by atoms with Crippen molar-refractivity contribution >= 4 is 17.1 Å². The molecule has 0 unspecified atom stereocenters. The number of amides is 1. The SMILES string of the molecule is COc1ccc(Cn2c(OCC3CCN(C(=O)OC(C)(C)C)CC3)nc3ccccc32)cc1. The molecule has 2 aromatic carbocycles. The lowest BCUT2D eigenvalue weighted by molar-refractivity contribution is 0.0162. The third-order valence-corrected chi connectivity index (χ3v) is 5.83. The molecule has 0 saturated carbocycles. The van der Waals surface area contributed by atoms with E-state index in [9.17, 15) is 4.79 Å². The summed E-state index contributed by atoms with van der Waals surface area (Å²) in [6.45, 7) is 8.29. The molecule has 0 bridgehead atoms. The highest BCUT2D eigenvalue weighted by Crippen LogP contribution is 2.26. The van der Waals surface area contributed by atoms with Crippen molar-refractivity contribution in [3.8, 4) is 11.8 Å². The second-order valence-corrected chi connectivity index (χ2v) is 9.54. The maximum atomic E-state index is 12.3. The molecule has 2 heterocycles. The van der Waals surface area contributed by atoms with Crippen LogP contribution in [0.1, 0.15) is 39.2 Å². The predicted molar refractivity (Wildman–Crippen MR) is 128 cm³/mol. The fourth-order valence-corrected chi connectivity index (χ4v) is 4.03. The maximum Gasteiger partial charge on any atom is 0.410 e. The van der Waals surface area contributed by atoms with E-state index in [0.717, 1.165) is 35.2 Å². The van der Waals surface area contributed by atoms with Crippen molar-refractivity contribution in [3.05, 3.63) is 54.1 Å². The molecular weight excluding hydrogens is 418 g/mol. The van der Waals surface area contributed by atoms with Crippen LogP contribution in [0.5, 0.6) is 11.8 Å². The molecule has 0 spiro atoms. The standard InChI is InChI=1S/C26H33N3O4/c1-26(2,3)33-25(30)28-15-13-20(14-16-28)18-32-24-27-22-7-5-6-8-23(22)29(24)17-19-9-11-21(31-4)12-10-19/h5-12,20H,13-18H2,1-4H3. The molecule has 0 radical (unpaired) electrons. The van der Waals surface area contributed by atoms with Gasteiger partial charge in [-0.15, -0.1) is 0 Å². The number of carbonyl (C=O) groups excluding carboxylic acids is 1. The Kier molecular flexibility index (Phi) is 6.77. The van der Waals surface area contributed by atoms with Crippen molar-refractivity contribution in [2.45, 2.75) is 45.8 Å². The minimum Gasteiger partial charge on any atom is -0.497 e. The zero-order valence-corrected chi connectivity index (χ0v) is 19.9. The topological polar surface area (TPSA) is 65.8 Å². The molecule has 3 aromatic rings. The number of likely N-dealkylation sites (tertiary alicyclic amines) is 1. The predicted octanol–water partition coefficient (Wildman–Crippen LogP) is 5.12. The Morgan fingerprint density at radius 2 is 1.76 bits per heavy atom. The summed E-state index contributed by atoms with van der Waals surface area (Å²) in [5.74, 6) is 1.21. The molecule has 1 aliphatic rings. The summed E-state index contributed by atoms with van der Waals surface area (Å²) in [7, 11) is 1.67. The number of imidazole rings is 1. The molecule has 1 fully saturated rings. The van der Waals surface area contributed by atoms with E-state index in [1.165, 1.54) is 0 Å². The number of hydrogen-bond acceptors (Lipinski definition) is 5. The lowest BCUT2D eigenvalue weighted by Crippen LogP contribution is -2.42. The second kappa shape index (κ2) is 9.73. The van der Waals surface area contributed by atoms with Gasteiger partial charge in [-0.3, -0.25) is 4.57 Å². The summed E-state index contributed by atoms with van der Waals surface area (Å²) >= 11 is 0. The molecular formula is C26H33N3O4. The number of fused-ring (bicyclic) bond motifs is 1. The highest BCUT2D eigenvalue weighted by Gasteiger charge is 2.27. The first-order valence-corrected chi connectivity index (χ1v) is 11.5. The van der Waals surface area contributed by atoms with Crippen molar-refractivity contribution < 1.29 is 19.0 Å². The number of rotatable bonds is 6. The molecule has 1 amide bonds. The number of piperidine rings is 1. The van der Waals surface area contributed by atoms with Gasteiger partial charge in [-0.2, -0.15) is 4.98 Å². The smallest absolute Gasteiger partial charge is 0.410 e. The summed E-state index contributed by atoms with van der Waals surface area (Å²) in [6, 6.07) is 16.8. The van der Waals surface area contributed by atoms with Gasteiger partial charge in [0.1, 0.15) is 11.4 Å². The quantitative estimate of drug-likeness (QED) is 0.520. The number of methoxy groups -OCH3 is 1. The van der Waals surface area contributed by atoms with E-state index in [1.54, 1.807) is 12.0 Å². The van der Waals surface area contributed by atoms with Crippen LogP contribution in [-0.2, 0) is 11.3 Å². The van der Waals surface area contributed by atoms with E-state index < -0.39 is 5.60 Å². The highest BCUT2D eigenvalue weighted by molar-refractivity contribution is 5.76. The van der Waals surface area contributed by atoms with Crippen LogP contribution in [0.2, 0.25) is 0 Å². The fraction of sp³-hybridized carbons (Fsp3) is 0.462. The highest BCUT2D eigenvalue weighted by atomic mass is 16.6. The molecule has 4 rings (SSSR count).